The van der Waals surface area contributed by atoms with Crippen molar-refractivity contribution in [3.63, 3.8) is 0 Å². The molecule has 1 rings (SSSR count). The molecule has 1 fully saturated rings. The number of nitrogens with one attached hydrogen (secondary N) is 1. The minimum atomic E-state index is -0.129. The summed E-state index contributed by atoms with van der Waals surface area (Å²) in [5.41, 5.74) is 0. The molecular formula is C12H22N2O3S. The third kappa shape index (κ3) is 6.14. The number of esters is 1. The second-order valence-corrected chi connectivity index (χ2v) is 5.22. The van der Waals surface area contributed by atoms with E-state index in [-0.39, 0.29) is 12.0 Å². The zero-order valence-electron chi connectivity index (χ0n) is 10.9. The highest BCUT2D eigenvalue weighted by atomic mass is 32.2. The van der Waals surface area contributed by atoms with E-state index in [9.17, 15) is 9.59 Å². The fraction of sp³-hybridized carbons (Fsp3) is 0.833. The standard InChI is InChI=1S/C12H22N2O3S/c1-2-17-11(15)6-4-3-5-7-13-12(16)14-8-9-18-10-14/h2-10H2,1H3,(H,13,16). The van der Waals surface area contributed by atoms with Gasteiger partial charge in [-0.15, -0.1) is 11.8 Å². The molecule has 0 radical (unpaired) electrons. The Morgan fingerprint density at radius 2 is 2.17 bits per heavy atom. The van der Waals surface area contributed by atoms with Gasteiger partial charge in [0, 0.05) is 25.3 Å². The summed E-state index contributed by atoms with van der Waals surface area (Å²) < 4.78 is 4.84. The minimum absolute atomic E-state index is 0.0328. The van der Waals surface area contributed by atoms with E-state index in [4.69, 9.17) is 4.74 Å². The molecule has 0 aromatic rings. The van der Waals surface area contributed by atoms with Crippen LogP contribution in [0.3, 0.4) is 0 Å². The SMILES string of the molecule is CCOC(=O)CCCCCNC(=O)N1CCSC1. The smallest absolute Gasteiger partial charge is 0.318 e. The van der Waals surface area contributed by atoms with Gasteiger partial charge in [0.2, 0.25) is 0 Å². The summed E-state index contributed by atoms with van der Waals surface area (Å²) in [6.07, 6.45) is 3.15. The van der Waals surface area contributed by atoms with Crippen LogP contribution in [0, 0.1) is 0 Å². The molecule has 0 spiro atoms. The minimum Gasteiger partial charge on any atom is -0.466 e. The molecule has 104 valence electrons. The maximum atomic E-state index is 11.6. The van der Waals surface area contributed by atoms with Crippen LogP contribution in [0.1, 0.15) is 32.6 Å². The molecule has 1 aliphatic heterocycles. The van der Waals surface area contributed by atoms with Crippen LogP contribution < -0.4 is 5.32 Å². The lowest BCUT2D eigenvalue weighted by Gasteiger charge is -2.15. The number of urea groups is 1. The van der Waals surface area contributed by atoms with Crippen LogP contribution in [0.2, 0.25) is 0 Å². The molecule has 1 aliphatic rings. The van der Waals surface area contributed by atoms with Gasteiger partial charge in [0.25, 0.3) is 0 Å². The Hall–Kier alpha value is -0.910. The van der Waals surface area contributed by atoms with E-state index in [0.29, 0.717) is 19.6 Å². The molecule has 1 saturated heterocycles. The van der Waals surface area contributed by atoms with E-state index in [0.717, 1.165) is 37.4 Å². The first-order chi connectivity index (χ1) is 8.74. The number of amides is 2. The van der Waals surface area contributed by atoms with Crippen LogP contribution in [0.25, 0.3) is 0 Å². The predicted molar refractivity (Wildman–Crippen MR) is 72.5 cm³/mol. The van der Waals surface area contributed by atoms with E-state index < -0.39 is 0 Å². The van der Waals surface area contributed by atoms with Crippen LogP contribution >= 0.6 is 11.8 Å². The highest BCUT2D eigenvalue weighted by Gasteiger charge is 2.17. The lowest BCUT2D eigenvalue weighted by molar-refractivity contribution is -0.143. The van der Waals surface area contributed by atoms with E-state index in [1.54, 1.807) is 11.8 Å². The fourth-order valence-electron chi connectivity index (χ4n) is 1.69. The number of carbonyl (C=O) groups excluding carboxylic acids is 2. The number of thioether (sulfide) groups is 1. The Bertz CT molecular complexity index is 268. The summed E-state index contributed by atoms with van der Waals surface area (Å²) >= 11 is 1.78. The van der Waals surface area contributed by atoms with Crippen molar-refractivity contribution >= 4 is 23.8 Å². The van der Waals surface area contributed by atoms with E-state index in [1.807, 2.05) is 11.8 Å². The maximum Gasteiger partial charge on any atom is 0.318 e. The molecule has 5 nitrogen and oxygen atoms in total. The summed E-state index contributed by atoms with van der Waals surface area (Å²) in [5.74, 6) is 1.71. The number of unbranched alkanes of at least 4 members (excludes halogenated alkanes) is 2. The summed E-state index contributed by atoms with van der Waals surface area (Å²) in [6, 6.07) is 0.0328. The zero-order valence-corrected chi connectivity index (χ0v) is 11.8. The maximum absolute atomic E-state index is 11.6. The van der Waals surface area contributed by atoms with Crippen molar-refractivity contribution in [1.82, 2.24) is 10.2 Å². The van der Waals surface area contributed by atoms with Crippen molar-refractivity contribution in [2.75, 3.05) is 31.3 Å². The highest BCUT2D eigenvalue weighted by molar-refractivity contribution is 7.99. The van der Waals surface area contributed by atoms with Crippen molar-refractivity contribution in [1.29, 1.82) is 0 Å². The molecule has 0 unspecified atom stereocenters. The summed E-state index contributed by atoms with van der Waals surface area (Å²) in [4.78, 5) is 24.5. The van der Waals surface area contributed by atoms with Gasteiger partial charge in [-0.1, -0.05) is 6.42 Å². The average molecular weight is 274 g/mol. The van der Waals surface area contributed by atoms with E-state index >= 15 is 0 Å². The third-order valence-corrected chi connectivity index (χ3v) is 3.64. The van der Waals surface area contributed by atoms with Crippen LogP contribution in [0.15, 0.2) is 0 Å². The first-order valence-corrected chi connectivity index (χ1v) is 7.65. The monoisotopic (exact) mass is 274 g/mol. The number of hydrogen-bond acceptors (Lipinski definition) is 4. The topological polar surface area (TPSA) is 58.6 Å². The summed E-state index contributed by atoms with van der Waals surface area (Å²) in [5, 5.41) is 2.90. The third-order valence-electron chi connectivity index (χ3n) is 2.68. The molecule has 0 aromatic carbocycles. The van der Waals surface area contributed by atoms with Crippen LogP contribution in [0.5, 0.6) is 0 Å². The fourth-order valence-corrected chi connectivity index (χ4v) is 2.63. The number of hydrogen-bond donors (Lipinski definition) is 1. The lowest BCUT2D eigenvalue weighted by atomic mass is 10.2. The molecule has 18 heavy (non-hydrogen) atoms. The summed E-state index contributed by atoms with van der Waals surface area (Å²) in [6.45, 7) is 3.79. The molecule has 6 heteroatoms. The molecule has 0 saturated carbocycles. The first kappa shape index (κ1) is 15.1. The van der Waals surface area contributed by atoms with Gasteiger partial charge < -0.3 is 15.0 Å². The average Bonchev–Trinajstić information content (AvgIpc) is 2.87. The second kappa shape index (κ2) is 9.08. The second-order valence-electron chi connectivity index (χ2n) is 4.15. The highest BCUT2D eigenvalue weighted by Crippen LogP contribution is 2.12. The predicted octanol–water partition coefficient (Wildman–Crippen LogP) is 1.83. The van der Waals surface area contributed by atoms with E-state index in [2.05, 4.69) is 5.32 Å². The lowest BCUT2D eigenvalue weighted by Crippen LogP contribution is -2.38. The Balaban J connectivity index is 1.92. The van der Waals surface area contributed by atoms with Crippen molar-refractivity contribution in [2.24, 2.45) is 0 Å². The van der Waals surface area contributed by atoms with Crippen molar-refractivity contribution < 1.29 is 14.3 Å². The largest absolute Gasteiger partial charge is 0.466 e. The Kier molecular flexibility index (Phi) is 7.64. The van der Waals surface area contributed by atoms with Crippen LogP contribution in [-0.4, -0.2) is 48.2 Å². The van der Waals surface area contributed by atoms with Gasteiger partial charge in [-0.2, -0.15) is 0 Å². The quantitative estimate of drug-likeness (QED) is 0.568. The van der Waals surface area contributed by atoms with Gasteiger partial charge in [0.05, 0.1) is 12.5 Å². The molecule has 0 aliphatic carbocycles. The van der Waals surface area contributed by atoms with Crippen molar-refractivity contribution in [2.45, 2.75) is 32.6 Å². The van der Waals surface area contributed by atoms with Gasteiger partial charge in [-0.25, -0.2) is 4.79 Å². The molecule has 0 aromatic heterocycles. The number of nitrogens with zero attached hydrogens (tertiary/aromatic N) is 1. The normalized spacial score (nSPS) is 14.6. The molecular weight excluding hydrogens is 252 g/mol. The molecule has 1 N–H and O–H groups in total. The number of carbonyl (C=O) groups is 2. The van der Waals surface area contributed by atoms with E-state index in [1.165, 1.54) is 0 Å². The van der Waals surface area contributed by atoms with Crippen molar-refractivity contribution in [3.05, 3.63) is 0 Å². The van der Waals surface area contributed by atoms with Gasteiger partial charge in [0.1, 0.15) is 0 Å². The summed E-state index contributed by atoms with van der Waals surface area (Å²) in [7, 11) is 0. The first-order valence-electron chi connectivity index (χ1n) is 6.50. The molecule has 0 atom stereocenters. The van der Waals surface area contributed by atoms with Crippen LogP contribution in [-0.2, 0) is 9.53 Å². The number of rotatable bonds is 7. The number of ether oxygens (including phenoxy) is 1. The Morgan fingerprint density at radius 3 is 2.83 bits per heavy atom. The molecule has 2 amide bonds. The van der Waals surface area contributed by atoms with Crippen LogP contribution in [0.4, 0.5) is 4.79 Å². The molecule has 1 heterocycles. The van der Waals surface area contributed by atoms with Gasteiger partial charge in [-0.3, -0.25) is 4.79 Å². The Morgan fingerprint density at radius 1 is 1.33 bits per heavy atom. The zero-order chi connectivity index (χ0) is 13.2. The van der Waals surface area contributed by atoms with Gasteiger partial charge in [-0.05, 0) is 19.8 Å². The van der Waals surface area contributed by atoms with Crippen molar-refractivity contribution in [3.8, 4) is 0 Å². The molecule has 0 bridgehead atoms. The van der Waals surface area contributed by atoms with Gasteiger partial charge in [0.15, 0.2) is 0 Å². The Labute approximate surface area is 113 Å². The van der Waals surface area contributed by atoms with Gasteiger partial charge >= 0.3 is 12.0 Å².